The third-order valence-corrected chi connectivity index (χ3v) is 7.83. The Morgan fingerprint density at radius 3 is 2.29 bits per heavy atom. The number of benzene rings is 2. The molecule has 0 bridgehead atoms. The van der Waals surface area contributed by atoms with Crippen molar-refractivity contribution in [2.75, 3.05) is 13.1 Å². The van der Waals surface area contributed by atoms with Crippen LogP contribution in [0.25, 0.3) is 0 Å². The van der Waals surface area contributed by atoms with Crippen LogP contribution >= 0.6 is 0 Å². The fourth-order valence-electron chi connectivity index (χ4n) is 3.67. The minimum absolute atomic E-state index is 0.0641. The molecular weight excluding hydrogens is 416 g/mol. The number of esters is 1. The highest BCUT2D eigenvalue weighted by atomic mass is 32.2. The third-order valence-electron chi connectivity index (χ3n) is 5.80. The summed E-state index contributed by atoms with van der Waals surface area (Å²) in [4.78, 5) is 24.8. The van der Waals surface area contributed by atoms with Crippen LogP contribution in [-0.4, -0.2) is 37.7 Å². The van der Waals surface area contributed by atoms with Gasteiger partial charge in [0.25, 0.3) is 5.91 Å². The summed E-state index contributed by atoms with van der Waals surface area (Å²) in [5, 5.41) is 0. The maximum absolute atomic E-state index is 13.3. The number of hydrogen-bond acceptors (Lipinski definition) is 5. The normalized spacial score (nSPS) is 16.6. The van der Waals surface area contributed by atoms with E-state index in [0.29, 0.717) is 35.7 Å². The van der Waals surface area contributed by atoms with Gasteiger partial charge < -0.3 is 10.5 Å². The minimum Gasteiger partial charge on any atom is -0.444 e. The molecule has 1 atom stereocenters. The lowest BCUT2D eigenvalue weighted by Crippen LogP contribution is -2.38. The molecule has 0 radical (unpaired) electrons. The molecule has 1 aliphatic rings. The van der Waals surface area contributed by atoms with Crippen molar-refractivity contribution in [3.63, 3.8) is 0 Å². The first-order valence-corrected chi connectivity index (χ1v) is 11.7. The highest BCUT2D eigenvalue weighted by Crippen LogP contribution is 2.29. The van der Waals surface area contributed by atoms with Crippen LogP contribution in [0, 0.1) is 19.8 Å². The molecule has 0 aliphatic carbocycles. The summed E-state index contributed by atoms with van der Waals surface area (Å²) in [6.45, 7) is 6.48. The van der Waals surface area contributed by atoms with Gasteiger partial charge in [0, 0.05) is 18.7 Å². The molecule has 0 saturated carbocycles. The van der Waals surface area contributed by atoms with E-state index < -0.39 is 28.0 Å². The molecule has 7 nitrogen and oxygen atoms in total. The SMILES string of the molecule is Cc1cc(C(=O)OC(C(N)=O)c2ccccc2)cc(S(=O)(=O)N2CCC(C)CC2)c1C. The quantitative estimate of drug-likeness (QED) is 0.689. The molecule has 3 rings (SSSR count). The number of nitrogens with two attached hydrogens (primary N) is 1. The van der Waals surface area contributed by atoms with Crippen LogP contribution in [0.1, 0.15) is 52.9 Å². The number of ether oxygens (including phenoxy) is 1. The van der Waals surface area contributed by atoms with Crippen molar-refractivity contribution in [2.24, 2.45) is 11.7 Å². The van der Waals surface area contributed by atoms with Crippen LogP contribution in [0.3, 0.4) is 0 Å². The lowest BCUT2D eigenvalue weighted by Gasteiger charge is -2.30. The van der Waals surface area contributed by atoms with Crippen molar-refractivity contribution < 1.29 is 22.7 Å². The summed E-state index contributed by atoms with van der Waals surface area (Å²) in [5.41, 5.74) is 7.18. The Morgan fingerprint density at radius 1 is 1.10 bits per heavy atom. The standard InChI is InChI=1S/C23H28N2O5S/c1-15-9-11-25(12-10-15)31(28,29)20-14-19(13-16(2)17(20)3)23(27)30-21(22(24)26)18-7-5-4-6-8-18/h4-8,13-15,21H,9-12H2,1-3H3,(H2,24,26). The minimum atomic E-state index is -3.76. The van der Waals surface area contributed by atoms with Crippen molar-refractivity contribution in [3.05, 3.63) is 64.7 Å². The number of piperidine rings is 1. The summed E-state index contributed by atoms with van der Waals surface area (Å²) in [5.74, 6) is -1.13. The van der Waals surface area contributed by atoms with Gasteiger partial charge in [-0.3, -0.25) is 4.79 Å². The number of nitrogens with zero attached hydrogens (tertiary/aromatic N) is 1. The number of hydrogen-bond donors (Lipinski definition) is 1. The van der Waals surface area contributed by atoms with Gasteiger partial charge in [-0.25, -0.2) is 13.2 Å². The number of sulfonamides is 1. The summed E-state index contributed by atoms with van der Waals surface area (Å²) >= 11 is 0. The highest BCUT2D eigenvalue weighted by molar-refractivity contribution is 7.89. The monoisotopic (exact) mass is 444 g/mol. The second kappa shape index (κ2) is 9.20. The molecule has 1 amide bonds. The Bertz CT molecular complexity index is 1070. The molecule has 2 aromatic rings. The maximum atomic E-state index is 13.3. The van der Waals surface area contributed by atoms with Crippen LogP contribution < -0.4 is 5.73 Å². The van der Waals surface area contributed by atoms with Crippen molar-refractivity contribution >= 4 is 21.9 Å². The van der Waals surface area contributed by atoms with Crippen molar-refractivity contribution in [1.29, 1.82) is 0 Å². The van der Waals surface area contributed by atoms with Crippen LogP contribution in [0.2, 0.25) is 0 Å². The molecule has 0 spiro atoms. The highest BCUT2D eigenvalue weighted by Gasteiger charge is 2.31. The number of carbonyl (C=O) groups is 2. The molecule has 1 unspecified atom stereocenters. The number of rotatable bonds is 6. The zero-order chi connectivity index (χ0) is 22.8. The lowest BCUT2D eigenvalue weighted by molar-refractivity contribution is -0.127. The Morgan fingerprint density at radius 2 is 1.71 bits per heavy atom. The van der Waals surface area contributed by atoms with E-state index in [-0.39, 0.29) is 10.5 Å². The van der Waals surface area contributed by atoms with Gasteiger partial charge in [0.1, 0.15) is 0 Å². The topological polar surface area (TPSA) is 107 Å². The van der Waals surface area contributed by atoms with Crippen LogP contribution in [0.5, 0.6) is 0 Å². The molecule has 1 heterocycles. The number of aryl methyl sites for hydroxylation is 1. The predicted molar refractivity (Wildman–Crippen MR) is 117 cm³/mol. The van der Waals surface area contributed by atoms with E-state index in [1.807, 2.05) is 0 Å². The van der Waals surface area contributed by atoms with Gasteiger partial charge in [-0.15, -0.1) is 0 Å². The Labute approximate surface area is 183 Å². The molecule has 166 valence electrons. The first-order valence-electron chi connectivity index (χ1n) is 10.3. The lowest BCUT2D eigenvalue weighted by atomic mass is 10.0. The molecule has 8 heteroatoms. The van der Waals surface area contributed by atoms with E-state index in [4.69, 9.17) is 10.5 Å². The zero-order valence-corrected chi connectivity index (χ0v) is 18.8. The Balaban J connectivity index is 1.93. The fourth-order valence-corrected chi connectivity index (χ4v) is 5.46. The van der Waals surface area contributed by atoms with Crippen LogP contribution in [-0.2, 0) is 19.6 Å². The fraction of sp³-hybridized carbons (Fsp3) is 0.391. The van der Waals surface area contributed by atoms with Crippen LogP contribution in [0.15, 0.2) is 47.4 Å². The first kappa shape index (κ1) is 23.0. The molecule has 2 N–H and O–H groups in total. The van der Waals surface area contributed by atoms with Gasteiger partial charge in [-0.05, 0) is 55.9 Å². The number of carbonyl (C=O) groups excluding carboxylic acids is 2. The van der Waals surface area contributed by atoms with E-state index in [9.17, 15) is 18.0 Å². The van der Waals surface area contributed by atoms with Crippen LogP contribution in [0.4, 0.5) is 0 Å². The number of amides is 1. The van der Waals surface area contributed by atoms with Crippen molar-refractivity contribution in [2.45, 2.75) is 44.6 Å². The van der Waals surface area contributed by atoms with Gasteiger partial charge >= 0.3 is 5.97 Å². The van der Waals surface area contributed by atoms with Crippen molar-refractivity contribution in [3.8, 4) is 0 Å². The van der Waals surface area contributed by atoms with Gasteiger partial charge in [0.2, 0.25) is 16.1 Å². The summed E-state index contributed by atoms with van der Waals surface area (Å²) in [6.07, 6.45) is 0.339. The van der Waals surface area contributed by atoms with E-state index >= 15 is 0 Å². The van der Waals surface area contributed by atoms with Gasteiger partial charge in [-0.1, -0.05) is 37.3 Å². The summed E-state index contributed by atoms with van der Waals surface area (Å²) in [7, 11) is -3.76. The largest absolute Gasteiger partial charge is 0.444 e. The molecule has 2 aromatic carbocycles. The first-order chi connectivity index (χ1) is 14.6. The summed E-state index contributed by atoms with van der Waals surface area (Å²) < 4.78 is 33.4. The molecule has 31 heavy (non-hydrogen) atoms. The molecule has 1 saturated heterocycles. The summed E-state index contributed by atoms with van der Waals surface area (Å²) in [6, 6.07) is 11.4. The van der Waals surface area contributed by atoms with Crippen molar-refractivity contribution in [1.82, 2.24) is 4.31 Å². The average Bonchev–Trinajstić information content (AvgIpc) is 2.74. The van der Waals surface area contributed by atoms with Gasteiger partial charge in [-0.2, -0.15) is 4.31 Å². The average molecular weight is 445 g/mol. The molecular formula is C23H28N2O5S. The van der Waals surface area contributed by atoms with Gasteiger partial charge in [0.15, 0.2) is 0 Å². The Kier molecular flexibility index (Phi) is 6.81. The van der Waals surface area contributed by atoms with Gasteiger partial charge in [0.05, 0.1) is 10.5 Å². The molecule has 1 fully saturated rings. The smallest absolute Gasteiger partial charge is 0.339 e. The Hall–Kier alpha value is -2.71. The number of primary amides is 1. The second-order valence-electron chi connectivity index (χ2n) is 8.10. The van der Waals surface area contributed by atoms with E-state index in [1.54, 1.807) is 50.2 Å². The molecule has 0 aromatic heterocycles. The zero-order valence-electron chi connectivity index (χ0n) is 18.0. The van der Waals surface area contributed by atoms with E-state index in [1.165, 1.54) is 10.4 Å². The van der Waals surface area contributed by atoms with E-state index in [0.717, 1.165) is 12.8 Å². The third kappa shape index (κ3) is 4.97. The predicted octanol–water partition coefficient (Wildman–Crippen LogP) is 3.11. The molecule has 1 aliphatic heterocycles. The maximum Gasteiger partial charge on any atom is 0.339 e. The van der Waals surface area contributed by atoms with E-state index in [2.05, 4.69) is 6.92 Å². The second-order valence-corrected chi connectivity index (χ2v) is 10.0.